The van der Waals surface area contributed by atoms with Crippen LogP contribution in [0, 0.1) is 5.92 Å². The SMILES string of the molecule is CCc1nncn1CCNC(=NC)NC1CCCC(C(F)(F)F)C1. The summed E-state index contributed by atoms with van der Waals surface area (Å²) in [5.41, 5.74) is 0. The second kappa shape index (κ2) is 8.34. The molecule has 1 aromatic heterocycles. The Bertz CT molecular complexity index is 540. The van der Waals surface area contributed by atoms with Gasteiger partial charge in [0.2, 0.25) is 0 Å². The molecule has 24 heavy (non-hydrogen) atoms. The van der Waals surface area contributed by atoms with Crippen LogP contribution in [0.5, 0.6) is 0 Å². The third kappa shape index (κ3) is 5.10. The fourth-order valence-electron chi connectivity index (χ4n) is 3.04. The average Bonchev–Trinajstić information content (AvgIpc) is 3.01. The predicted octanol–water partition coefficient (Wildman–Crippen LogP) is 2.13. The molecule has 2 atom stereocenters. The van der Waals surface area contributed by atoms with Crippen molar-refractivity contribution >= 4 is 5.96 Å². The van der Waals surface area contributed by atoms with E-state index in [1.54, 1.807) is 13.4 Å². The Morgan fingerprint density at radius 3 is 2.88 bits per heavy atom. The molecule has 9 heteroatoms. The van der Waals surface area contributed by atoms with Gasteiger partial charge in [0.1, 0.15) is 12.2 Å². The van der Waals surface area contributed by atoms with Crippen molar-refractivity contribution in [3.63, 3.8) is 0 Å². The van der Waals surface area contributed by atoms with E-state index in [2.05, 4.69) is 25.8 Å². The molecule has 0 bridgehead atoms. The van der Waals surface area contributed by atoms with Crippen molar-refractivity contribution in [1.29, 1.82) is 0 Å². The number of hydrogen-bond donors (Lipinski definition) is 2. The van der Waals surface area contributed by atoms with Crippen molar-refractivity contribution in [1.82, 2.24) is 25.4 Å². The van der Waals surface area contributed by atoms with Crippen molar-refractivity contribution in [2.24, 2.45) is 10.9 Å². The molecule has 1 aliphatic rings. The van der Waals surface area contributed by atoms with Crippen LogP contribution in [0.1, 0.15) is 38.4 Å². The Morgan fingerprint density at radius 2 is 2.21 bits per heavy atom. The van der Waals surface area contributed by atoms with E-state index in [0.29, 0.717) is 25.5 Å². The second-order valence-corrected chi connectivity index (χ2v) is 6.04. The van der Waals surface area contributed by atoms with E-state index < -0.39 is 12.1 Å². The minimum absolute atomic E-state index is 0.107. The highest BCUT2D eigenvalue weighted by molar-refractivity contribution is 5.79. The van der Waals surface area contributed by atoms with E-state index in [-0.39, 0.29) is 18.9 Å². The number of aliphatic imine (C=N–C) groups is 1. The number of aromatic nitrogens is 3. The van der Waals surface area contributed by atoms with E-state index in [0.717, 1.165) is 18.7 Å². The van der Waals surface area contributed by atoms with Gasteiger partial charge in [-0.2, -0.15) is 13.2 Å². The highest BCUT2D eigenvalue weighted by atomic mass is 19.4. The zero-order valence-electron chi connectivity index (χ0n) is 14.1. The Labute approximate surface area is 139 Å². The summed E-state index contributed by atoms with van der Waals surface area (Å²) in [5, 5.41) is 14.1. The van der Waals surface area contributed by atoms with E-state index >= 15 is 0 Å². The van der Waals surface area contributed by atoms with Crippen LogP contribution in [-0.4, -0.2) is 46.5 Å². The lowest BCUT2D eigenvalue weighted by Crippen LogP contribution is -2.47. The summed E-state index contributed by atoms with van der Waals surface area (Å²) in [6.45, 7) is 3.28. The first-order valence-corrected chi connectivity index (χ1v) is 8.34. The zero-order valence-corrected chi connectivity index (χ0v) is 14.1. The van der Waals surface area contributed by atoms with Gasteiger partial charge < -0.3 is 15.2 Å². The van der Waals surface area contributed by atoms with Crippen molar-refractivity contribution in [3.8, 4) is 0 Å². The molecule has 0 saturated heterocycles. The number of nitrogens with one attached hydrogen (secondary N) is 2. The van der Waals surface area contributed by atoms with Crippen LogP contribution >= 0.6 is 0 Å². The van der Waals surface area contributed by atoms with Gasteiger partial charge >= 0.3 is 6.18 Å². The van der Waals surface area contributed by atoms with Gasteiger partial charge in [-0.3, -0.25) is 4.99 Å². The van der Waals surface area contributed by atoms with E-state index in [1.165, 1.54) is 0 Å². The molecular formula is C15H25F3N6. The maximum Gasteiger partial charge on any atom is 0.391 e. The maximum atomic E-state index is 12.9. The molecule has 1 saturated carbocycles. The minimum atomic E-state index is -4.11. The second-order valence-electron chi connectivity index (χ2n) is 6.04. The number of nitrogens with zero attached hydrogens (tertiary/aromatic N) is 4. The van der Waals surface area contributed by atoms with Crippen molar-refractivity contribution in [2.45, 2.75) is 57.8 Å². The molecule has 1 aromatic rings. The molecule has 1 fully saturated rings. The number of halogens is 3. The van der Waals surface area contributed by atoms with Crippen molar-refractivity contribution < 1.29 is 13.2 Å². The van der Waals surface area contributed by atoms with Gasteiger partial charge in [-0.05, 0) is 19.3 Å². The summed E-state index contributed by atoms with van der Waals surface area (Å²) in [5.74, 6) is 0.222. The molecule has 0 aromatic carbocycles. The van der Waals surface area contributed by atoms with Crippen molar-refractivity contribution in [3.05, 3.63) is 12.2 Å². The van der Waals surface area contributed by atoms with Crippen LogP contribution in [0.4, 0.5) is 13.2 Å². The monoisotopic (exact) mass is 346 g/mol. The molecule has 2 unspecified atom stereocenters. The molecule has 6 nitrogen and oxygen atoms in total. The molecule has 1 heterocycles. The number of rotatable bonds is 5. The lowest BCUT2D eigenvalue weighted by Gasteiger charge is -2.31. The average molecular weight is 346 g/mol. The number of alkyl halides is 3. The summed E-state index contributed by atoms with van der Waals surface area (Å²) < 4.78 is 40.6. The van der Waals surface area contributed by atoms with Crippen LogP contribution in [-0.2, 0) is 13.0 Å². The Balaban J connectivity index is 1.80. The van der Waals surface area contributed by atoms with Crippen LogP contribution < -0.4 is 10.6 Å². The van der Waals surface area contributed by atoms with Gasteiger partial charge in [0.05, 0.1) is 5.92 Å². The molecule has 2 N–H and O–H groups in total. The molecule has 0 aliphatic heterocycles. The van der Waals surface area contributed by atoms with Crippen LogP contribution in [0.2, 0.25) is 0 Å². The summed E-state index contributed by atoms with van der Waals surface area (Å²) in [6, 6.07) is -0.197. The van der Waals surface area contributed by atoms with Crippen LogP contribution in [0.25, 0.3) is 0 Å². The standard InChI is InChI=1S/C15H25F3N6/c1-3-13-23-21-10-24(13)8-7-20-14(19-2)22-12-6-4-5-11(9-12)15(16,17)18/h10-12H,3-9H2,1-2H3,(H2,19,20,22). The predicted molar refractivity (Wildman–Crippen MR) is 85.7 cm³/mol. The molecule has 136 valence electrons. The molecular weight excluding hydrogens is 321 g/mol. The topological polar surface area (TPSA) is 67.1 Å². The maximum absolute atomic E-state index is 12.9. The highest BCUT2D eigenvalue weighted by Gasteiger charge is 2.42. The first-order chi connectivity index (χ1) is 11.4. The molecule has 2 rings (SSSR count). The number of guanidine groups is 1. The largest absolute Gasteiger partial charge is 0.391 e. The first kappa shape index (κ1) is 18.5. The van der Waals surface area contributed by atoms with E-state index in [4.69, 9.17) is 0 Å². The van der Waals surface area contributed by atoms with Gasteiger partial charge in [0.25, 0.3) is 0 Å². The third-order valence-electron chi connectivity index (χ3n) is 4.36. The van der Waals surface area contributed by atoms with Gasteiger partial charge in [0, 0.05) is 32.6 Å². The Morgan fingerprint density at radius 1 is 1.42 bits per heavy atom. The van der Waals surface area contributed by atoms with E-state index in [1.807, 2.05) is 11.5 Å². The van der Waals surface area contributed by atoms with Gasteiger partial charge in [-0.15, -0.1) is 10.2 Å². The summed E-state index contributed by atoms with van der Waals surface area (Å²) >= 11 is 0. The third-order valence-corrected chi connectivity index (χ3v) is 4.36. The van der Waals surface area contributed by atoms with Crippen LogP contribution in [0.15, 0.2) is 11.3 Å². The lowest BCUT2D eigenvalue weighted by atomic mass is 9.85. The minimum Gasteiger partial charge on any atom is -0.355 e. The number of aryl methyl sites for hydroxylation is 1. The summed E-state index contributed by atoms with van der Waals surface area (Å²) in [4.78, 5) is 4.10. The normalized spacial score (nSPS) is 22.5. The quantitative estimate of drug-likeness (QED) is 0.633. The van der Waals surface area contributed by atoms with E-state index in [9.17, 15) is 13.2 Å². The van der Waals surface area contributed by atoms with Crippen molar-refractivity contribution in [2.75, 3.05) is 13.6 Å². The molecule has 0 spiro atoms. The van der Waals surface area contributed by atoms with Gasteiger partial charge in [-0.25, -0.2) is 0 Å². The summed E-state index contributed by atoms with van der Waals surface area (Å²) in [7, 11) is 1.62. The number of hydrogen-bond acceptors (Lipinski definition) is 3. The Kier molecular flexibility index (Phi) is 6.44. The molecule has 0 radical (unpaired) electrons. The zero-order chi connectivity index (χ0) is 17.6. The van der Waals surface area contributed by atoms with Gasteiger partial charge in [-0.1, -0.05) is 13.3 Å². The Hall–Kier alpha value is -1.80. The summed E-state index contributed by atoms with van der Waals surface area (Å²) in [6.07, 6.45) is 0.0107. The molecule has 1 aliphatic carbocycles. The highest BCUT2D eigenvalue weighted by Crippen LogP contribution is 2.37. The first-order valence-electron chi connectivity index (χ1n) is 8.34. The van der Waals surface area contributed by atoms with Gasteiger partial charge in [0.15, 0.2) is 5.96 Å². The fourth-order valence-corrected chi connectivity index (χ4v) is 3.04. The van der Waals surface area contributed by atoms with Crippen LogP contribution in [0.3, 0.4) is 0 Å². The smallest absolute Gasteiger partial charge is 0.355 e. The lowest BCUT2D eigenvalue weighted by molar-refractivity contribution is -0.183. The molecule has 0 amide bonds. The fraction of sp³-hybridized carbons (Fsp3) is 0.800.